The third kappa shape index (κ3) is 4.29. The lowest BCUT2D eigenvalue weighted by Gasteiger charge is -2.28. The first-order chi connectivity index (χ1) is 10.6. The van der Waals surface area contributed by atoms with Crippen LogP contribution in [-0.4, -0.2) is 43.3 Å². The molecule has 0 spiro atoms. The quantitative estimate of drug-likeness (QED) is 0.831. The van der Waals surface area contributed by atoms with Gasteiger partial charge < -0.3 is 19.9 Å². The number of methoxy groups -OCH3 is 1. The Morgan fingerprint density at radius 1 is 1.41 bits per heavy atom. The SMILES string of the molecule is COCc1ccc(C(=O)NC(C(=O)O)C2CCCOC2)cc1. The second-order valence-electron chi connectivity index (χ2n) is 5.40. The molecule has 0 radical (unpaired) electrons. The molecule has 22 heavy (non-hydrogen) atoms. The average molecular weight is 307 g/mol. The second kappa shape index (κ2) is 7.91. The Kier molecular flexibility index (Phi) is 5.91. The average Bonchev–Trinajstić information content (AvgIpc) is 2.54. The van der Waals surface area contributed by atoms with E-state index in [0.29, 0.717) is 25.4 Å². The van der Waals surface area contributed by atoms with Crippen LogP contribution in [0.4, 0.5) is 0 Å². The van der Waals surface area contributed by atoms with Crippen LogP contribution in [0.5, 0.6) is 0 Å². The van der Waals surface area contributed by atoms with E-state index in [1.807, 2.05) is 0 Å². The number of benzene rings is 1. The maximum atomic E-state index is 12.2. The van der Waals surface area contributed by atoms with Gasteiger partial charge in [0.15, 0.2) is 0 Å². The van der Waals surface area contributed by atoms with E-state index in [0.717, 1.165) is 18.4 Å². The van der Waals surface area contributed by atoms with E-state index in [9.17, 15) is 14.7 Å². The predicted octanol–water partition coefficient (Wildman–Crippen LogP) is 1.44. The minimum Gasteiger partial charge on any atom is -0.480 e. The van der Waals surface area contributed by atoms with Crippen molar-refractivity contribution in [2.45, 2.75) is 25.5 Å². The van der Waals surface area contributed by atoms with E-state index in [1.54, 1.807) is 31.4 Å². The number of nitrogens with one attached hydrogen (secondary N) is 1. The molecule has 1 aromatic carbocycles. The molecule has 0 aromatic heterocycles. The first-order valence-electron chi connectivity index (χ1n) is 7.31. The highest BCUT2D eigenvalue weighted by atomic mass is 16.5. The summed E-state index contributed by atoms with van der Waals surface area (Å²) in [7, 11) is 1.60. The summed E-state index contributed by atoms with van der Waals surface area (Å²) in [6.45, 7) is 1.49. The fourth-order valence-corrected chi connectivity index (χ4v) is 2.55. The molecule has 2 N–H and O–H groups in total. The topological polar surface area (TPSA) is 84.9 Å². The molecule has 6 nitrogen and oxygen atoms in total. The fourth-order valence-electron chi connectivity index (χ4n) is 2.55. The standard InChI is InChI=1S/C16H21NO5/c1-21-9-11-4-6-12(7-5-11)15(18)17-14(16(19)20)13-3-2-8-22-10-13/h4-7,13-14H,2-3,8-10H2,1H3,(H,17,18)(H,19,20). The van der Waals surface area contributed by atoms with E-state index < -0.39 is 12.0 Å². The van der Waals surface area contributed by atoms with Crippen LogP contribution in [0.25, 0.3) is 0 Å². The van der Waals surface area contributed by atoms with Crippen molar-refractivity contribution in [2.75, 3.05) is 20.3 Å². The number of carbonyl (C=O) groups excluding carboxylic acids is 1. The molecule has 1 aromatic rings. The van der Waals surface area contributed by atoms with Crippen LogP contribution in [-0.2, 0) is 20.9 Å². The Balaban J connectivity index is 2.02. The van der Waals surface area contributed by atoms with Crippen LogP contribution in [0.15, 0.2) is 24.3 Å². The number of hydrogen-bond acceptors (Lipinski definition) is 4. The van der Waals surface area contributed by atoms with E-state index in [1.165, 1.54) is 0 Å². The molecule has 1 amide bonds. The molecule has 1 aliphatic heterocycles. The molecule has 0 bridgehead atoms. The number of hydrogen-bond donors (Lipinski definition) is 2. The zero-order chi connectivity index (χ0) is 15.9. The maximum Gasteiger partial charge on any atom is 0.326 e. The Morgan fingerprint density at radius 2 is 2.14 bits per heavy atom. The van der Waals surface area contributed by atoms with Crippen LogP contribution in [0.1, 0.15) is 28.8 Å². The van der Waals surface area contributed by atoms with Gasteiger partial charge >= 0.3 is 5.97 Å². The first-order valence-corrected chi connectivity index (χ1v) is 7.31. The highest BCUT2D eigenvalue weighted by Gasteiger charge is 2.31. The molecule has 2 rings (SSSR count). The van der Waals surface area contributed by atoms with Gasteiger partial charge in [0.25, 0.3) is 5.91 Å². The van der Waals surface area contributed by atoms with E-state index in [2.05, 4.69) is 5.32 Å². The van der Waals surface area contributed by atoms with Crippen molar-refractivity contribution in [3.05, 3.63) is 35.4 Å². The largest absolute Gasteiger partial charge is 0.480 e. The lowest BCUT2D eigenvalue weighted by atomic mass is 9.93. The van der Waals surface area contributed by atoms with Gasteiger partial charge in [0, 0.05) is 25.2 Å². The third-order valence-electron chi connectivity index (χ3n) is 3.75. The highest BCUT2D eigenvalue weighted by molar-refractivity contribution is 5.96. The van der Waals surface area contributed by atoms with E-state index in [4.69, 9.17) is 9.47 Å². The van der Waals surface area contributed by atoms with Crippen molar-refractivity contribution >= 4 is 11.9 Å². The van der Waals surface area contributed by atoms with Crippen molar-refractivity contribution in [2.24, 2.45) is 5.92 Å². The van der Waals surface area contributed by atoms with Gasteiger partial charge in [0.05, 0.1) is 13.2 Å². The monoisotopic (exact) mass is 307 g/mol. The number of amides is 1. The van der Waals surface area contributed by atoms with E-state index in [-0.39, 0.29) is 11.8 Å². The number of carboxylic acids is 1. The van der Waals surface area contributed by atoms with E-state index >= 15 is 0 Å². The summed E-state index contributed by atoms with van der Waals surface area (Å²) in [4.78, 5) is 23.6. The molecule has 1 aliphatic rings. The summed E-state index contributed by atoms with van der Waals surface area (Å²) in [5, 5.41) is 12.0. The summed E-state index contributed by atoms with van der Waals surface area (Å²) in [5.74, 6) is -1.61. The number of ether oxygens (including phenoxy) is 2. The van der Waals surface area contributed by atoms with Crippen LogP contribution in [0.3, 0.4) is 0 Å². The Morgan fingerprint density at radius 3 is 2.68 bits per heavy atom. The summed E-state index contributed by atoms with van der Waals surface area (Å²) in [6, 6.07) is 5.99. The lowest BCUT2D eigenvalue weighted by molar-refractivity contribution is -0.142. The minimum atomic E-state index is -1.03. The normalized spacial score (nSPS) is 19.4. The molecule has 1 saturated heterocycles. The molecule has 6 heteroatoms. The summed E-state index contributed by atoms with van der Waals surface area (Å²) in [5.41, 5.74) is 1.39. The maximum absolute atomic E-state index is 12.2. The smallest absolute Gasteiger partial charge is 0.326 e. The molecule has 2 atom stereocenters. The minimum absolute atomic E-state index is 0.192. The molecule has 1 heterocycles. The number of rotatable bonds is 6. The Labute approximate surface area is 129 Å². The van der Waals surface area contributed by atoms with Crippen molar-refractivity contribution in [3.63, 3.8) is 0 Å². The zero-order valence-corrected chi connectivity index (χ0v) is 12.6. The van der Waals surface area contributed by atoms with Crippen molar-refractivity contribution < 1.29 is 24.2 Å². The summed E-state index contributed by atoms with van der Waals surface area (Å²) >= 11 is 0. The molecular formula is C16H21NO5. The molecule has 0 aliphatic carbocycles. The number of aliphatic carboxylic acids is 1. The number of carboxylic acid groups (broad SMARTS) is 1. The van der Waals surface area contributed by atoms with Gasteiger partial charge in [0.2, 0.25) is 0 Å². The van der Waals surface area contributed by atoms with Gasteiger partial charge in [-0.25, -0.2) is 4.79 Å². The Hall–Kier alpha value is -1.92. The van der Waals surface area contributed by atoms with Gasteiger partial charge in [-0.15, -0.1) is 0 Å². The van der Waals surface area contributed by atoms with Crippen LogP contribution >= 0.6 is 0 Å². The number of carbonyl (C=O) groups is 2. The highest BCUT2D eigenvalue weighted by Crippen LogP contribution is 2.18. The van der Waals surface area contributed by atoms with Crippen LogP contribution in [0.2, 0.25) is 0 Å². The Bertz CT molecular complexity index is 508. The van der Waals surface area contributed by atoms with Crippen LogP contribution < -0.4 is 5.32 Å². The van der Waals surface area contributed by atoms with Crippen LogP contribution in [0, 0.1) is 5.92 Å². The predicted molar refractivity (Wildman–Crippen MR) is 79.6 cm³/mol. The van der Waals surface area contributed by atoms with Gasteiger partial charge in [0.1, 0.15) is 6.04 Å². The van der Waals surface area contributed by atoms with Gasteiger partial charge in [-0.2, -0.15) is 0 Å². The van der Waals surface area contributed by atoms with Crippen molar-refractivity contribution in [1.82, 2.24) is 5.32 Å². The molecular weight excluding hydrogens is 286 g/mol. The third-order valence-corrected chi connectivity index (χ3v) is 3.75. The zero-order valence-electron chi connectivity index (χ0n) is 12.6. The van der Waals surface area contributed by atoms with Crippen molar-refractivity contribution in [1.29, 1.82) is 0 Å². The first kappa shape index (κ1) is 16.5. The summed E-state index contributed by atoms with van der Waals surface area (Å²) < 4.78 is 10.3. The molecule has 2 unspecified atom stereocenters. The second-order valence-corrected chi connectivity index (χ2v) is 5.40. The molecule has 1 fully saturated rings. The fraction of sp³-hybridized carbons (Fsp3) is 0.500. The van der Waals surface area contributed by atoms with Gasteiger partial charge in [-0.05, 0) is 30.5 Å². The lowest BCUT2D eigenvalue weighted by Crippen LogP contribution is -2.48. The molecule has 0 saturated carbocycles. The van der Waals surface area contributed by atoms with Gasteiger partial charge in [-0.1, -0.05) is 12.1 Å². The molecule has 120 valence electrons. The summed E-state index contributed by atoms with van der Waals surface area (Å²) in [6.07, 6.45) is 1.56. The van der Waals surface area contributed by atoms with Gasteiger partial charge in [-0.3, -0.25) is 4.79 Å². The van der Waals surface area contributed by atoms with Crippen molar-refractivity contribution in [3.8, 4) is 0 Å².